The zero-order valence-corrected chi connectivity index (χ0v) is 15.9. The summed E-state index contributed by atoms with van der Waals surface area (Å²) in [6.07, 6.45) is 0. The van der Waals surface area contributed by atoms with Gasteiger partial charge in [-0.15, -0.1) is 11.3 Å². The quantitative estimate of drug-likeness (QED) is 0.679. The first-order chi connectivity index (χ1) is 12.5. The molecule has 0 saturated heterocycles. The van der Waals surface area contributed by atoms with Gasteiger partial charge in [-0.05, 0) is 35.6 Å². The number of hydrogen-bond donors (Lipinski definition) is 1. The molecule has 1 N–H and O–H groups in total. The Kier molecular flexibility index (Phi) is 7.47. The van der Waals surface area contributed by atoms with Crippen LogP contribution >= 0.6 is 11.3 Å². The summed E-state index contributed by atoms with van der Waals surface area (Å²) in [6.45, 7) is 4.72. The van der Waals surface area contributed by atoms with Crippen molar-refractivity contribution in [3.05, 3.63) is 46.2 Å². The Morgan fingerprint density at radius 2 is 2.00 bits per heavy atom. The van der Waals surface area contributed by atoms with E-state index < -0.39 is 5.97 Å². The Balaban J connectivity index is 1.87. The summed E-state index contributed by atoms with van der Waals surface area (Å²) in [5, 5.41) is 4.63. The van der Waals surface area contributed by atoms with Crippen molar-refractivity contribution in [3.8, 4) is 11.5 Å². The van der Waals surface area contributed by atoms with Crippen LogP contribution in [-0.4, -0.2) is 32.2 Å². The van der Waals surface area contributed by atoms with Crippen LogP contribution in [0.5, 0.6) is 11.5 Å². The molecule has 0 bridgehead atoms. The third-order valence-corrected chi connectivity index (χ3v) is 4.22. The molecule has 0 saturated carbocycles. The molecule has 0 spiro atoms. The molecule has 140 valence electrons. The summed E-state index contributed by atoms with van der Waals surface area (Å²) >= 11 is 1.55. The highest BCUT2D eigenvalue weighted by atomic mass is 32.1. The van der Waals surface area contributed by atoms with Gasteiger partial charge in [0.2, 0.25) is 0 Å². The summed E-state index contributed by atoms with van der Waals surface area (Å²) in [7, 11) is 1.50. The van der Waals surface area contributed by atoms with E-state index in [4.69, 9.17) is 14.2 Å². The number of rotatable bonds is 9. The number of esters is 1. The predicted molar refractivity (Wildman–Crippen MR) is 99.8 cm³/mol. The van der Waals surface area contributed by atoms with Crippen molar-refractivity contribution in [1.29, 1.82) is 0 Å². The molecule has 6 nitrogen and oxygen atoms in total. The monoisotopic (exact) mass is 377 g/mol. The lowest BCUT2D eigenvalue weighted by Crippen LogP contribution is -2.28. The number of nitrogens with one attached hydrogen (secondary N) is 1. The second-order valence-corrected chi connectivity index (χ2v) is 7.03. The van der Waals surface area contributed by atoms with E-state index in [0.29, 0.717) is 36.1 Å². The summed E-state index contributed by atoms with van der Waals surface area (Å²) in [5.74, 6) is 0.436. The second kappa shape index (κ2) is 9.82. The van der Waals surface area contributed by atoms with Crippen LogP contribution in [0.25, 0.3) is 0 Å². The first kappa shape index (κ1) is 19.8. The molecule has 1 aromatic carbocycles. The number of benzene rings is 1. The van der Waals surface area contributed by atoms with Crippen molar-refractivity contribution in [1.82, 2.24) is 5.32 Å². The topological polar surface area (TPSA) is 73.9 Å². The number of thiophene rings is 1. The number of methoxy groups -OCH3 is 1. The van der Waals surface area contributed by atoms with E-state index in [2.05, 4.69) is 5.32 Å². The molecule has 0 unspecified atom stereocenters. The van der Waals surface area contributed by atoms with Gasteiger partial charge >= 0.3 is 5.97 Å². The molecule has 0 aliphatic carbocycles. The Bertz CT molecular complexity index is 728. The van der Waals surface area contributed by atoms with Crippen LogP contribution in [0.4, 0.5) is 0 Å². The average Bonchev–Trinajstić information content (AvgIpc) is 3.16. The maximum absolute atomic E-state index is 12.1. The number of amides is 1. The Morgan fingerprint density at radius 1 is 1.19 bits per heavy atom. The third kappa shape index (κ3) is 6.07. The van der Waals surface area contributed by atoms with E-state index in [9.17, 15) is 9.59 Å². The Morgan fingerprint density at radius 3 is 2.65 bits per heavy atom. The van der Waals surface area contributed by atoms with Gasteiger partial charge in [0, 0.05) is 4.88 Å². The number of carbonyl (C=O) groups is 2. The maximum atomic E-state index is 12.1. The molecule has 0 radical (unpaired) electrons. The molecule has 1 amide bonds. The van der Waals surface area contributed by atoms with Crippen molar-refractivity contribution < 1.29 is 23.8 Å². The molecule has 26 heavy (non-hydrogen) atoms. The molecule has 2 aromatic rings. The zero-order chi connectivity index (χ0) is 18.9. The zero-order valence-electron chi connectivity index (χ0n) is 15.1. The molecule has 1 heterocycles. The lowest BCUT2D eigenvalue weighted by Gasteiger charge is -2.13. The minimum Gasteiger partial charge on any atom is -0.493 e. The Labute approximate surface area is 157 Å². The van der Waals surface area contributed by atoms with E-state index in [1.807, 2.05) is 31.4 Å². The van der Waals surface area contributed by atoms with Crippen LogP contribution in [0.15, 0.2) is 35.7 Å². The summed E-state index contributed by atoms with van der Waals surface area (Å²) in [6, 6.07) is 8.63. The fraction of sp³-hybridized carbons (Fsp3) is 0.368. The van der Waals surface area contributed by atoms with Gasteiger partial charge in [-0.1, -0.05) is 19.9 Å². The van der Waals surface area contributed by atoms with Gasteiger partial charge in [-0.25, -0.2) is 4.79 Å². The summed E-state index contributed by atoms with van der Waals surface area (Å²) in [4.78, 5) is 24.9. The molecule has 0 aliphatic heterocycles. The smallest absolute Gasteiger partial charge is 0.338 e. The van der Waals surface area contributed by atoms with E-state index in [-0.39, 0.29) is 12.5 Å². The first-order valence-corrected chi connectivity index (χ1v) is 9.14. The minimum absolute atomic E-state index is 0.296. The first-order valence-electron chi connectivity index (χ1n) is 8.26. The number of ether oxygens (including phenoxy) is 3. The lowest BCUT2D eigenvalue weighted by atomic mass is 10.2. The minimum atomic E-state index is -0.593. The van der Waals surface area contributed by atoms with Crippen LogP contribution < -0.4 is 14.8 Å². The van der Waals surface area contributed by atoms with Crippen LogP contribution in [0.3, 0.4) is 0 Å². The highest BCUT2D eigenvalue weighted by molar-refractivity contribution is 7.09. The van der Waals surface area contributed by atoms with Crippen molar-refractivity contribution >= 4 is 23.2 Å². The molecular weight excluding hydrogens is 354 g/mol. The van der Waals surface area contributed by atoms with E-state index >= 15 is 0 Å². The molecular formula is C19H23NO5S. The van der Waals surface area contributed by atoms with Crippen LogP contribution in [0.1, 0.15) is 29.1 Å². The average molecular weight is 377 g/mol. The van der Waals surface area contributed by atoms with Crippen LogP contribution in [-0.2, 0) is 16.1 Å². The van der Waals surface area contributed by atoms with E-state index in [1.165, 1.54) is 7.11 Å². The van der Waals surface area contributed by atoms with Crippen LogP contribution in [0.2, 0.25) is 0 Å². The summed E-state index contributed by atoms with van der Waals surface area (Å²) < 4.78 is 16.0. The highest BCUT2D eigenvalue weighted by Crippen LogP contribution is 2.28. The SMILES string of the molecule is COc1cc(C(=O)OCC(=O)NCc2cccs2)ccc1OCC(C)C. The van der Waals surface area contributed by atoms with Gasteiger partial charge < -0.3 is 19.5 Å². The number of carbonyl (C=O) groups excluding carboxylic acids is 2. The fourth-order valence-electron chi connectivity index (χ4n) is 2.03. The van der Waals surface area contributed by atoms with E-state index in [1.54, 1.807) is 29.5 Å². The molecule has 2 rings (SSSR count). The van der Waals surface area contributed by atoms with Gasteiger partial charge in [-0.2, -0.15) is 0 Å². The molecule has 1 aromatic heterocycles. The molecule has 7 heteroatoms. The fourth-order valence-corrected chi connectivity index (χ4v) is 2.68. The Hall–Kier alpha value is -2.54. The molecule has 0 aliphatic rings. The van der Waals surface area contributed by atoms with Crippen molar-refractivity contribution in [2.45, 2.75) is 20.4 Å². The van der Waals surface area contributed by atoms with Gasteiger partial charge in [0.1, 0.15) is 0 Å². The molecule has 0 fully saturated rings. The van der Waals surface area contributed by atoms with Gasteiger partial charge in [-0.3, -0.25) is 4.79 Å². The van der Waals surface area contributed by atoms with Crippen molar-refractivity contribution in [3.63, 3.8) is 0 Å². The van der Waals surface area contributed by atoms with Crippen molar-refractivity contribution in [2.24, 2.45) is 5.92 Å². The summed E-state index contributed by atoms with van der Waals surface area (Å²) in [5.41, 5.74) is 0.296. The van der Waals surface area contributed by atoms with Crippen LogP contribution in [0, 0.1) is 5.92 Å². The maximum Gasteiger partial charge on any atom is 0.338 e. The highest BCUT2D eigenvalue weighted by Gasteiger charge is 2.14. The number of hydrogen-bond acceptors (Lipinski definition) is 6. The normalized spacial score (nSPS) is 10.5. The van der Waals surface area contributed by atoms with Gasteiger partial charge in [0.05, 0.1) is 25.8 Å². The van der Waals surface area contributed by atoms with Crippen molar-refractivity contribution in [2.75, 3.05) is 20.3 Å². The molecule has 0 atom stereocenters. The third-order valence-electron chi connectivity index (χ3n) is 3.35. The second-order valence-electron chi connectivity index (χ2n) is 6.00. The lowest BCUT2D eigenvalue weighted by molar-refractivity contribution is -0.124. The van der Waals surface area contributed by atoms with Gasteiger partial charge in [0.25, 0.3) is 5.91 Å². The largest absolute Gasteiger partial charge is 0.493 e. The standard InChI is InChI=1S/C19H23NO5S/c1-13(2)11-24-16-7-6-14(9-17(16)23-3)19(22)25-12-18(21)20-10-15-5-4-8-26-15/h4-9,13H,10-12H2,1-3H3,(H,20,21). The van der Waals surface area contributed by atoms with E-state index in [0.717, 1.165) is 4.88 Å². The predicted octanol–water partition coefficient (Wildman–Crippen LogP) is 3.26. The van der Waals surface area contributed by atoms with Gasteiger partial charge in [0.15, 0.2) is 18.1 Å².